The Bertz CT molecular complexity index is 419. The normalized spacial score (nSPS) is 22.8. The van der Waals surface area contributed by atoms with Gasteiger partial charge in [0, 0.05) is 24.9 Å². The summed E-state index contributed by atoms with van der Waals surface area (Å²) in [5.41, 5.74) is 0. The lowest BCUT2D eigenvalue weighted by Gasteiger charge is -2.23. The molecule has 1 aliphatic heterocycles. The Morgan fingerprint density at radius 3 is 2.71 bits per heavy atom. The number of carbonyl (C=O) groups is 2. The van der Waals surface area contributed by atoms with Gasteiger partial charge in [0.15, 0.2) is 0 Å². The van der Waals surface area contributed by atoms with Gasteiger partial charge in [-0.3, -0.25) is 9.59 Å². The average molecular weight is 264 g/mol. The lowest BCUT2D eigenvalue weighted by atomic mass is 10.1. The highest BCUT2D eigenvalue weighted by Gasteiger charge is 2.34. The molecule has 98 valence electrons. The molecule has 0 saturated carbocycles. The van der Waals surface area contributed by atoms with E-state index in [1.807, 2.05) is 0 Å². The van der Waals surface area contributed by atoms with Gasteiger partial charge in [0.1, 0.15) is 0 Å². The molecule has 1 rings (SSSR count). The van der Waals surface area contributed by atoms with Crippen LogP contribution in [0.15, 0.2) is 0 Å². The molecule has 1 heterocycles. The molecule has 0 spiro atoms. The van der Waals surface area contributed by atoms with Crippen LogP contribution in [-0.4, -0.2) is 48.6 Å². The van der Waals surface area contributed by atoms with Gasteiger partial charge in [-0.1, -0.05) is 0 Å². The van der Waals surface area contributed by atoms with Gasteiger partial charge in [0.05, 0.1) is 12.2 Å². The summed E-state index contributed by atoms with van der Waals surface area (Å²) in [7, 11) is -3.60. The summed E-state index contributed by atoms with van der Waals surface area (Å²) in [6, 6.07) is -0.425. The molecule has 1 saturated heterocycles. The van der Waals surface area contributed by atoms with E-state index in [2.05, 4.69) is 0 Å². The predicted molar refractivity (Wildman–Crippen MR) is 59.5 cm³/mol. The number of nitrogens with zero attached hydrogens (tertiary/aromatic N) is 1. The first-order chi connectivity index (χ1) is 7.69. The molecule has 1 amide bonds. The topological polar surface area (TPSA) is 118 Å². The summed E-state index contributed by atoms with van der Waals surface area (Å²) in [5.74, 6) is -1.78. The third kappa shape index (κ3) is 4.31. The molecule has 0 radical (unpaired) electrons. The number of hydrogen-bond donors (Lipinski definition) is 2. The van der Waals surface area contributed by atoms with Crippen molar-refractivity contribution >= 4 is 21.9 Å². The highest BCUT2D eigenvalue weighted by Crippen LogP contribution is 2.22. The van der Waals surface area contributed by atoms with Gasteiger partial charge in [-0.05, 0) is 6.92 Å². The van der Waals surface area contributed by atoms with Crippen LogP contribution in [0, 0.1) is 5.92 Å². The summed E-state index contributed by atoms with van der Waals surface area (Å²) >= 11 is 0. The minimum atomic E-state index is -3.60. The van der Waals surface area contributed by atoms with E-state index in [0.29, 0.717) is 0 Å². The van der Waals surface area contributed by atoms with Crippen LogP contribution in [0.3, 0.4) is 0 Å². The van der Waals surface area contributed by atoms with Crippen molar-refractivity contribution in [2.24, 2.45) is 11.1 Å². The van der Waals surface area contributed by atoms with Crippen molar-refractivity contribution in [1.29, 1.82) is 0 Å². The van der Waals surface area contributed by atoms with Crippen LogP contribution in [0.4, 0.5) is 0 Å². The average Bonchev–Trinajstić information content (AvgIpc) is 2.41. The monoisotopic (exact) mass is 264 g/mol. The van der Waals surface area contributed by atoms with Gasteiger partial charge in [0.2, 0.25) is 15.9 Å². The maximum Gasteiger partial charge on any atom is 0.305 e. The fraction of sp³-hybridized carbons (Fsp3) is 0.778. The lowest BCUT2D eigenvalue weighted by molar-refractivity contribution is -0.139. The molecule has 0 aromatic heterocycles. The molecule has 2 atom stereocenters. The second-order valence-electron chi connectivity index (χ2n) is 4.39. The summed E-state index contributed by atoms with van der Waals surface area (Å²) in [4.78, 5) is 23.5. The quantitative estimate of drug-likeness (QED) is 0.659. The Morgan fingerprint density at radius 1 is 1.65 bits per heavy atom. The number of amides is 1. The highest BCUT2D eigenvalue weighted by atomic mass is 32.2. The molecule has 0 bridgehead atoms. The van der Waals surface area contributed by atoms with E-state index in [1.54, 1.807) is 6.92 Å². The van der Waals surface area contributed by atoms with E-state index in [-0.39, 0.29) is 37.0 Å². The van der Waals surface area contributed by atoms with Crippen LogP contribution in [0.1, 0.15) is 19.8 Å². The van der Waals surface area contributed by atoms with Gasteiger partial charge < -0.3 is 10.0 Å². The zero-order chi connectivity index (χ0) is 13.2. The summed E-state index contributed by atoms with van der Waals surface area (Å²) in [6.07, 6.45) is -0.0335. The summed E-state index contributed by atoms with van der Waals surface area (Å²) < 4.78 is 21.8. The number of carbonyl (C=O) groups excluding carboxylic acids is 1. The minimum absolute atomic E-state index is 0.111. The van der Waals surface area contributed by atoms with Gasteiger partial charge in [0.25, 0.3) is 0 Å². The van der Waals surface area contributed by atoms with E-state index in [4.69, 9.17) is 10.2 Å². The number of primary sulfonamides is 1. The smallest absolute Gasteiger partial charge is 0.305 e. The van der Waals surface area contributed by atoms with Crippen LogP contribution in [0.5, 0.6) is 0 Å². The molecule has 3 N–H and O–H groups in total. The zero-order valence-corrected chi connectivity index (χ0v) is 10.3. The Hall–Kier alpha value is -1.15. The molecule has 0 aromatic carbocycles. The molecule has 0 aliphatic carbocycles. The van der Waals surface area contributed by atoms with E-state index in [0.717, 1.165) is 0 Å². The molecule has 17 heavy (non-hydrogen) atoms. The van der Waals surface area contributed by atoms with Crippen molar-refractivity contribution in [2.45, 2.75) is 25.8 Å². The Morgan fingerprint density at radius 2 is 2.24 bits per heavy atom. The minimum Gasteiger partial charge on any atom is -0.481 e. The summed E-state index contributed by atoms with van der Waals surface area (Å²) in [5, 5.41) is 13.5. The fourth-order valence-corrected chi connectivity index (χ4v) is 2.92. The Labute approximate surface area is 99.6 Å². The molecular weight excluding hydrogens is 248 g/mol. The maximum atomic E-state index is 11.6. The van der Waals surface area contributed by atoms with Crippen molar-refractivity contribution in [1.82, 2.24) is 4.90 Å². The van der Waals surface area contributed by atoms with Crippen LogP contribution in [0.2, 0.25) is 0 Å². The molecule has 7 nitrogen and oxygen atoms in total. The van der Waals surface area contributed by atoms with Crippen molar-refractivity contribution in [2.75, 3.05) is 12.3 Å². The van der Waals surface area contributed by atoms with Gasteiger partial charge in [-0.2, -0.15) is 0 Å². The molecule has 1 aliphatic rings. The van der Waals surface area contributed by atoms with Crippen molar-refractivity contribution < 1.29 is 23.1 Å². The number of rotatable bonds is 5. The second-order valence-corrected chi connectivity index (χ2v) is 6.05. The summed E-state index contributed by atoms with van der Waals surface area (Å²) in [6.45, 7) is 1.88. The van der Waals surface area contributed by atoms with E-state index in [9.17, 15) is 18.0 Å². The van der Waals surface area contributed by atoms with Crippen LogP contribution < -0.4 is 5.14 Å². The number of carboxylic acids is 1. The number of sulfonamides is 1. The number of likely N-dealkylation sites (tertiary alicyclic amines) is 1. The molecule has 2 unspecified atom stereocenters. The number of nitrogens with two attached hydrogens (primary N) is 1. The first-order valence-corrected chi connectivity index (χ1v) is 6.92. The van der Waals surface area contributed by atoms with Gasteiger partial charge in [-0.15, -0.1) is 0 Å². The van der Waals surface area contributed by atoms with Crippen LogP contribution in [-0.2, 0) is 19.6 Å². The third-order valence-electron chi connectivity index (χ3n) is 2.71. The maximum absolute atomic E-state index is 11.6. The first kappa shape index (κ1) is 13.9. The van der Waals surface area contributed by atoms with E-state index in [1.165, 1.54) is 4.90 Å². The van der Waals surface area contributed by atoms with Gasteiger partial charge in [-0.25, -0.2) is 13.6 Å². The highest BCUT2D eigenvalue weighted by molar-refractivity contribution is 7.89. The van der Waals surface area contributed by atoms with Crippen molar-refractivity contribution in [3.8, 4) is 0 Å². The van der Waals surface area contributed by atoms with E-state index < -0.39 is 22.0 Å². The number of aliphatic carboxylic acids is 1. The number of carboxylic acid groups (broad SMARTS) is 1. The first-order valence-electron chi connectivity index (χ1n) is 5.21. The number of hydrogen-bond acceptors (Lipinski definition) is 4. The molecule has 0 aromatic rings. The lowest BCUT2D eigenvalue weighted by Crippen LogP contribution is -2.36. The van der Waals surface area contributed by atoms with Crippen molar-refractivity contribution in [3.05, 3.63) is 0 Å². The SMILES string of the molecule is CC(CC(=O)O)N1CC(CS(N)(=O)=O)CC1=O. The fourth-order valence-electron chi connectivity index (χ4n) is 2.04. The standard InChI is InChI=1S/C9H16N2O5S/c1-6(2-9(13)14)11-4-7(3-8(11)12)5-17(10,15)16/h6-7H,2-5H2,1H3,(H,13,14)(H2,10,15,16). The molecule has 1 fully saturated rings. The zero-order valence-electron chi connectivity index (χ0n) is 9.50. The largest absolute Gasteiger partial charge is 0.481 e. The third-order valence-corrected chi connectivity index (χ3v) is 3.64. The molecule has 8 heteroatoms. The van der Waals surface area contributed by atoms with E-state index >= 15 is 0 Å². The van der Waals surface area contributed by atoms with Crippen LogP contribution in [0.25, 0.3) is 0 Å². The molecular formula is C9H16N2O5S. The Kier molecular flexibility index (Phi) is 4.10. The Balaban J connectivity index is 2.61. The van der Waals surface area contributed by atoms with Crippen LogP contribution >= 0.6 is 0 Å². The van der Waals surface area contributed by atoms with Gasteiger partial charge >= 0.3 is 5.97 Å². The predicted octanol–water partition coefficient (Wildman–Crippen LogP) is -1.01. The second kappa shape index (κ2) is 5.01. The van der Waals surface area contributed by atoms with Crippen molar-refractivity contribution in [3.63, 3.8) is 0 Å².